The van der Waals surface area contributed by atoms with Crippen LogP contribution in [0.5, 0.6) is 0 Å². The maximum atomic E-state index is 5.76. The molecule has 0 N–H and O–H groups in total. The van der Waals surface area contributed by atoms with Crippen molar-refractivity contribution in [1.82, 2.24) is 0 Å². The van der Waals surface area contributed by atoms with Crippen LogP contribution in [0.25, 0.3) is 0 Å². The molecule has 0 heterocycles. The van der Waals surface area contributed by atoms with Crippen molar-refractivity contribution in [3.8, 4) is 0 Å². The van der Waals surface area contributed by atoms with E-state index in [1.54, 1.807) is 0 Å². The van der Waals surface area contributed by atoms with Crippen LogP contribution in [0.2, 0.25) is 0 Å². The normalized spacial score (nSPS) is 12.6. The van der Waals surface area contributed by atoms with Gasteiger partial charge in [-0.3, -0.25) is 0 Å². The summed E-state index contributed by atoms with van der Waals surface area (Å²) in [4.78, 5) is 0. The first kappa shape index (κ1) is 23.1. The summed E-state index contributed by atoms with van der Waals surface area (Å²) < 4.78 is 11.5. The largest absolute Gasteiger partial charge is 0.353 e. The minimum absolute atomic E-state index is 0.0196. The molecule has 0 spiro atoms. The third kappa shape index (κ3) is 18.3. The van der Waals surface area contributed by atoms with Crippen molar-refractivity contribution in [2.24, 2.45) is 0 Å². The van der Waals surface area contributed by atoms with Gasteiger partial charge in [-0.15, -0.1) is 0 Å². The van der Waals surface area contributed by atoms with Crippen molar-refractivity contribution in [3.05, 3.63) is 12.2 Å². The SMILES string of the molecule is CCCOC(CCCCC/C=C\CCC[P+](C)(C)C)OCCC. The van der Waals surface area contributed by atoms with Crippen molar-refractivity contribution in [1.29, 1.82) is 0 Å². The Labute approximate surface area is 146 Å². The van der Waals surface area contributed by atoms with Gasteiger partial charge in [0.1, 0.15) is 0 Å². The zero-order valence-corrected chi connectivity index (χ0v) is 17.4. The zero-order chi connectivity index (χ0) is 17.4. The highest BCUT2D eigenvalue weighted by molar-refractivity contribution is 7.73. The Morgan fingerprint density at radius 2 is 1.35 bits per heavy atom. The van der Waals surface area contributed by atoms with Gasteiger partial charge in [0.25, 0.3) is 0 Å². The van der Waals surface area contributed by atoms with Gasteiger partial charge in [0.05, 0.1) is 6.16 Å². The lowest BCUT2D eigenvalue weighted by Gasteiger charge is -2.17. The van der Waals surface area contributed by atoms with Crippen LogP contribution in [-0.4, -0.2) is 45.7 Å². The molecule has 0 aliphatic carbocycles. The molecular formula is C20H42O2P+. The molecule has 0 amide bonds. The maximum Gasteiger partial charge on any atom is 0.157 e. The van der Waals surface area contributed by atoms with Crippen molar-refractivity contribution < 1.29 is 9.47 Å². The number of hydrogen-bond donors (Lipinski definition) is 0. The zero-order valence-electron chi connectivity index (χ0n) is 16.5. The average Bonchev–Trinajstić information content (AvgIpc) is 2.49. The van der Waals surface area contributed by atoms with Gasteiger partial charge in [-0.05, 0) is 51.4 Å². The molecule has 0 fully saturated rings. The Hall–Kier alpha value is 0.0900. The number of allylic oxidation sites excluding steroid dienone is 2. The minimum Gasteiger partial charge on any atom is -0.353 e. The molecule has 2 nitrogen and oxygen atoms in total. The first-order valence-corrected chi connectivity index (χ1v) is 13.0. The molecular weight excluding hydrogens is 303 g/mol. The highest BCUT2D eigenvalue weighted by Gasteiger charge is 2.14. The molecule has 0 atom stereocenters. The van der Waals surface area contributed by atoms with E-state index in [9.17, 15) is 0 Å². The van der Waals surface area contributed by atoms with E-state index >= 15 is 0 Å². The highest BCUT2D eigenvalue weighted by Crippen LogP contribution is 2.47. The molecule has 0 aromatic carbocycles. The standard InChI is InChI=1S/C20H42O2P/c1-6-17-21-20(22-18-7-2)16-14-12-10-8-9-11-13-15-19-23(3,4)5/h9,11,20H,6-8,10,12-19H2,1-5H3/q+1/b11-9-. The third-order valence-corrected chi connectivity index (χ3v) is 5.35. The summed E-state index contributed by atoms with van der Waals surface area (Å²) in [6.07, 6.45) is 17.0. The van der Waals surface area contributed by atoms with Gasteiger partial charge in [-0.2, -0.15) is 0 Å². The van der Waals surface area contributed by atoms with Crippen molar-refractivity contribution in [3.63, 3.8) is 0 Å². The van der Waals surface area contributed by atoms with Crippen LogP contribution >= 0.6 is 7.26 Å². The number of hydrogen-bond acceptors (Lipinski definition) is 2. The lowest BCUT2D eigenvalue weighted by Crippen LogP contribution is -2.18. The van der Waals surface area contributed by atoms with Crippen LogP contribution in [-0.2, 0) is 9.47 Å². The number of unbranched alkanes of at least 4 members (excludes halogenated alkanes) is 4. The second-order valence-corrected chi connectivity index (χ2v) is 12.5. The molecule has 0 aliphatic rings. The van der Waals surface area contributed by atoms with Gasteiger partial charge in [0.2, 0.25) is 0 Å². The number of ether oxygens (including phenoxy) is 2. The fraction of sp³-hybridized carbons (Fsp3) is 0.900. The molecule has 0 bridgehead atoms. The summed E-state index contributed by atoms with van der Waals surface area (Å²) in [5.74, 6) is 0. The predicted molar refractivity (Wildman–Crippen MR) is 107 cm³/mol. The Kier molecular flexibility index (Phi) is 15.7. The van der Waals surface area contributed by atoms with E-state index in [1.807, 2.05) is 0 Å². The maximum absolute atomic E-state index is 5.76. The van der Waals surface area contributed by atoms with E-state index in [1.165, 1.54) is 44.7 Å². The second kappa shape index (κ2) is 15.6. The van der Waals surface area contributed by atoms with E-state index in [2.05, 4.69) is 46.0 Å². The molecule has 0 unspecified atom stereocenters. The summed E-state index contributed by atoms with van der Waals surface area (Å²) in [5.41, 5.74) is 0. The summed E-state index contributed by atoms with van der Waals surface area (Å²) >= 11 is 0. The summed E-state index contributed by atoms with van der Waals surface area (Å²) in [5, 5.41) is 0. The van der Waals surface area contributed by atoms with Crippen LogP contribution in [0.4, 0.5) is 0 Å². The Morgan fingerprint density at radius 1 is 0.783 bits per heavy atom. The molecule has 0 radical (unpaired) electrons. The van der Waals surface area contributed by atoms with Crippen molar-refractivity contribution in [2.75, 3.05) is 39.4 Å². The Morgan fingerprint density at radius 3 is 1.87 bits per heavy atom. The average molecular weight is 346 g/mol. The fourth-order valence-electron chi connectivity index (χ4n) is 2.38. The van der Waals surface area contributed by atoms with Gasteiger partial charge in [0, 0.05) is 40.5 Å². The first-order valence-electron chi connectivity index (χ1n) is 9.68. The minimum atomic E-state index is -0.570. The second-order valence-electron chi connectivity index (χ2n) is 7.44. The van der Waals surface area contributed by atoms with Crippen LogP contribution in [0.3, 0.4) is 0 Å². The van der Waals surface area contributed by atoms with Crippen LogP contribution in [0.15, 0.2) is 12.2 Å². The fourth-order valence-corrected chi connectivity index (χ4v) is 3.51. The van der Waals surface area contributed by atoms with E-state index in [4.69, 9.17) is 9.47 Å². The van der Waals surface area contributed by atoms with Gasteiger partial charge in [-0.1, -0.05) is 32.4 Å². The molecule has 0 aromatic rings. The smallest absolute Gasteiger partial charge is 0.157 e. The van der Waals surface area contributed by atoms with Gasteiger partial charge in [0.15, 0.2) is 6.29 Å². The predicted octanol–water partition coefficient (Wildman–Crippen LogP) is 6.36. The molecule has 23 heavy (non-hydrogen) atoms. The van der Waals surface area contributed by atoms with Crippen molar-refractivity contribution in [2.45, 2.75) is 77.9 Å². The lowest BCUT2D eigenvalue weighted by atomic mass is 10.1. The quantitative estimate of drug-likeness (QED) is 0.140. The van der Waals surface area contributed by atoms with Gasteiger partial charge < -0.3 is 9.47 Å². The highest BCUT2D eigenvalue weighted by atomic mass is 31.2. The summed E-state index contributed by atoms with van der Waals surface area (Å²) in [7, 11) is -0.570. The van der Waals surface area contributed by atoms with E-state index in [0.717, 1.165) is 32.5 Å². The summed E-state index contributed by atoms with van der Waals surface area (Å²) in [6.45, 7) is 13.2. The molecule has 3 heteroatoms. The molecule has 0 aromatic heterocycles. The first-order chi connectivity index (χ1) is 11.0. The molecule has 138 valence electrons. The molecule has 0 saturated carbocycles. The van der Waals surface area contributed by atoms with E-state index < -0.39 is 7.26 Å². The van der Waals surface area contributed by atoms with Crippen LogP contribution in [0, 0.1) is 0 Å². The molecule has 0 saturated heterocycles. The van der Waals surface area contributed by atoms with Crippen LogP contribution in [0.1, 0.15) is 71.6 Å². The van der Waals surface area contributed by atoms with E-state index in [0.29, 0.717) is 0 Å². The molecule has 0 rings (SSSR count). The Bertz CT molecular complexity index is 263. The summed E-state index contributed by atoms with van der Waals surface area (Å²) in [6, 6.07) is 0. The van der Waals surface area contributed by atoms with Crippen LogP contribution < -0.4 is 0 Å². The van der Waals surface area contributed by atoms with Crippen molar-refractivity contribution >= 4 is 7.26 Å². The number of rotatable bonds is 16. The molecule has 0 aliphatic heterocycles. The monoisotopic (exact) mass is 345 g/mol. The van der Waals surface area contributed by atoms with E-state index in [-0.39, 0.29) is 6.29 Å². The lowest BCUT2D eigenvalue weighted by molar-refractivity contribution is -0.146. The third-order valence-electron chi connectivity index (χ3n) is 3.69. The Balaban J connectivity index is 3.53. The topological polar surface area (TPSA) is 18.5 Å². The van der Waals surface area contributed by atoms with Gasteiger partial charge >= 0.3 is 0 Å². The van der Waals surface area contributed by atoms with Gasteiger partial charge in [-0.25, -0.2) is 0 Å².